The van der Waals surface area contributed by atoms with E-state index in [4.69, 9.17) is 0 Å². The lowest BCUT2D eigenvalue weighted by molar-refractivity contribution is 0.589. The van der Waals surface area contributed by atoms with Gasteiger partial charge in [-0.2, -0.15) is 0 Å². The van der Waals surface area contributed by atoms with Crippen molar-refractivity contribution < 1.29 is 0 Å². The Bertz CT molecular complexity index is 604. The van der Waals surface area contributed by atoms with E-state index in [0.29, 0.717) is 6.04 Å². The zero-order valence-corrected chi connectivity index (χ0v) is 14.2. The van der Waals surface area contributed by atoms with Crippen LogP contribution in [0.3, 0.4) is 0 Å². The van der Waals surface area contributed by atoms with Crippen LogP contribution in [-0.4, -0.2) is 7.05 Å². The van der Waals surface area contributed by atoms with Crippen molar-refractivity contribution in [2.45, 2.75) is 33.2 Å². The Morgan fingerprint density at radius 3 is 2.40 bits per heavy atom. The minimum absolute atomic E-state index is 0.325. The lowest BCUT2D eigenvalue weighted by atomic mass is 9.96. The van der Waals surface area contributed by atoms with E-state index in [1.165, 1.54) is 32.3 Å². The van der Waals surface area contributed by atoms with Crippen molar-refractivity contribution in [3.63, 3.8) is 0 Å². The molecule has 0 amide bonds. The molecule has 2 heteroatoms. The average Bonchev–Trinajstić information content (AvgIpc) is 2.43. The van der Waals surface area contributed by atoms with Gasteiger partial charge >= 0.3 is 0 Å². The molecule has 0 aromatic heterocycles. The molecular formula is C18H22BrN. The van der Waals surface area contributed by atoms with Crippen LogP contribution in [0.2, 0.25) is 0 Å². The van der Waals surface area contributed by atoms with Gasteiger partial charge in [0.1, 0.15) is 0 Å². The van der Waals surface area contributed by atoms with Crippen molar-refractivity contribution in [2.24, 2.45) is 0 Å². The Morgan fingerprint density at radius 2 is 1.75 bits per heavy atom. The average molecular weight is 332 g/mol. The molecule has 0 saturated carbocycles. The number of halogens is 1. The van der Waals surface area contributed by atoms with Gasteiger partial charge in [-0.3, -0.25) is 0 Å². The Hall–Kier alpha value is -1.12. The van der Waals surface area contributed by atoms with Crippen molar-refractivity contribution in [3.8, 4) is 0 Å². The molecule has 0 aliphatic carbocycles. The van der Waals surface area contributed by atoms with E-state index in [-0.39, 0.29) is 0 Å². The number of aryl methyl sites for hydroxylation is 3. The highest BCUT2D eigenvalue weighted by atomic mass is 79.9. The van der Waals surface area contributed by atoms with Gasteiger partial charge in [0, 0.05) is 10.5 Å². The highest BCUT2D eigenvalue weighted by molar-refractivity contribution is 9.10. The molecule has 2 rings (SSSR count). The molecule has 106 valence electrons. The normalized spacial score (nSPS) is 12.4. The third-order valence-electron chi connectivity index (χ3n) is 3.96. The molecule has 0 spiro atoms. The summed E-state index contributed by atoms with van der Waals surface area (Å²) in [6, 6.07) is 13.5. The van der Waals surface area contributed by atoms with Gasteiger partial charge < -0.3 is 5.32 Å². The molecule has 0 saturated heterocycles. The maximum atomic E-state index is 3.72. The summed E-state index contributed by atoms with van der Waals surface area (Å²) in [4.78, 5) is 0. The minimum atomic E-state index is 0.325. The number of nitrogens with one attached hydrogen (secondary N) is 1. The third kappa shape index (κ3) is 3.31. The zero-order valence-electron chi connectivity index (χ0n) is 12.6. The van der Waals surface area contributed by atoms with Crippen LogP contribution >= 0.6 is 15.9 Å². The van der Waals surface area contributed by atoms with Crippen molar-refractivity contribution in [1.29, 1.82) is 0 Å². The topological polar surface area (TPSA) is 12.0 Å². The second-order valence-electron chi connectivity index (χ2n) is 5.44. The molecule has 1 N–H and O–H groups in total. The molecular weight excluding hydrogens is 310 g/mol. The molecule has 0 aliphatic rings. The van der Waals surface area contributed by atoms with Crippen molar-refractivity contribution in [2.75, 3.05) is 7.05 Å². The zero-order chi connectivity index (χ0) is 14.7. The van der Waals surface area contributed by atoms with E-state index >= 15 is 0 Å². The SMILES string of the molecule is CNC(Cc1ccc(C)c(C)c1)c1cccc(C)c1Br. The molecule has 0 aliphatic heterocycles. The molecule has 2 aromatic rings. The molecule has 0 radical (unpaired) electrons. The van der Waals surface area contributed by atoms with E-state index in [2.05, 4.69) is 78.4 Å². The van der Waals surface area contributed by atoms with E-state index in [1.807, 2.05) is 7.05 Å². The maximum absolute atomic E-state index is 3.72. The molecule has 0 fully saturated rings. The number of rotatable bonds is 4. The van der Waals surface area contributed by atoms with Gasteiger partial charge in [-0.25, -0.2) is 0 Å². The molecule has 2 aromatic carbocycles. The van der Waals surface area contributed by atoms with Gasteiger partial charge in [0.15, 0.2) is 0 Å². The molecule has 20 heavy (non-hydrogen) atoms. The van der Waals surface area contributed by atoms with Gasteiger partial charge in [-0.15, -0.1) is 0 Å². The standard InChI is InChI=1S/C18H22BrN/c1-12-8-9-15(10-14(12)3)11-17(20-4)16-7-5-6-13(2)18(16)19/h5-10,17,20H,11H2,1-4H3. The lowest BCUT2D eigenvalue weighted by Crippen LogP contribution is -2.19. The van der Waals surface area contributed by atoms with Gasteiger partial charge in [-0.1, -0.05) is 52.3 Å². The van der Waals surface area contributed by atoms with Gasteiger partial charge in [-0.05, 0) is 62.1 Å². The van der Waals surface area contributed by atoms with Crippen LogP contribution in [0.25, 0.3) is 0 Å². The summed E-state index contributed by atoms with van der Waals surface area (Å²) in [7, 11) is 2.03. The number of hydrogen-bond donors (Lipinski definition) is 1. The van der Waals surface area contributed by atoms with Gasteiger partial charge in [0.05, 0.1) is 0 Å². The van der Waals surface area contributed by atoms with E-state index in [9.17, 15) is 0 Å². The van der Waals surface area contributed by atoms with Crippen LogP contribution in [0.15, 0.2) is 40.9 Å². The molecule has 1 atom stereocenters. The number of benzene rings is 2. The smallest absolute Gasteiger partial charge is 0.0369 e. The highest BCUT2D eigenvalue weighted by Gasteiger charge is 2.14. The molecule has 1 unspecified atom stereocenters. The van der Waals surface area contributed by atoms with Crippen LogP contribution < -0.4 is 5.32 Å². The predicted molar refractivity (Wildman–Crippen MR) is 90.3 cm³/mol. The Labute approximate surface area is 130 Å². The Kier molecular flexibility index (Phi) is 5.00. The Morgan fingerprint density at radius 1 is 1.00 bits per heavy atom. The summed E-state index contributed by atoms with van der Waals surface area (Å²) >= 11 is 3.72. The van der Waals surface area contributed by atoms with Crippen LogP contribution in [0.4, 0.5) is 0 Å². The molecule has 0 heterocycles. The van der Waals surface area contributed by atoms with Crippen LogP contribution in [0.1, 0.15) is 33.9 Å². The van der Waals surface area contributed by atoms with Crippen LogP contribution in [0, 0.1) is 20.8 Å². The fourth-order valence-corrected chi connectivity index (χ4v) is 3.01. The van der Waals surface area contributed by atoms with Crippen molar-refractivity contribution in [1.82, 2.24) is 5.32 Å². The summed E-state index contributed by atoms with van der Waals surface area (Å²) < 4.78 is 1.21. The first-order valence-electron chi connectivity index (χ1n) is 7.01. The second-order valence-corrected chi connectivity index (χ2v) is 6.24. The fourth-order valence-electron chi connectivity index (χ4n) is 2.47. The summed E-state index contributed by atoms with van der Waals surface area (Å²) in [5, 5.41) is 3.44. The first-order chi connectivity index (χ1) is 9.52. The highest BCUT2D eigenvalue weighted by Crippen LogP contribution is 2.29. The van der Waals surface area contributed by atoms with E-state index in [0.717, 1.165) is 6.42 Å². The summed E-state index contributed by atoms with van der Waals surface area (Å²) in [5.74, 6) is 0. The molecule has 0 bridgehead atoms. The molecule has 1 nitrogen and oxygen atoms in total. The monoisotopic (exact) mass is 331 g/mol. The predicted octanol–water partition coefficient (Wildman–Crippen LogP) is 4.88. The first-order valence-corrected chi connectivity index (χ1v) is 7.80. The quantitative estimate of drug-likeness (QED) is 0.842. The minimum Gasteiger partial charge on any atom is -0.313 e. The number of likely N-dealkylation sites (N-methyl/N-ethyl adjacent to an activating group) is 1. The van der Waals surface area contributed by atoms with Crippen LogP contribution in [0.5, 0.6) is 0 Å². The number of hydrogen-bond acceptors (Lipinski definition) is 1. The van der Waals surface area contributed by atoms with Gasteiger partial charge in [0.25, 0.3) is 0 Å². The van der Waals surface area contributed by atoms with Crippen molar-refractivity contribution in [3.05, 3.63) is 68.7 Å². The largest absolute Gasteiger partial charge is 0.313 e. The second kappa shape index (κ2) is 6.55. The Balaban J connectivity index is 2.28. The summed E-state index contributed by atoms with van der Waals surface area (Å²) in [6.45, 7) is 6.47. The summed E-state index contributed by atoms with van der Waals surface area (Å²) in [5.41, 5.74) is 6.70. The lowest BCUT2D eigenvalue weighted by Gasteiger charge is -2.20. The first kappa shape index (κ1) is 15.3. The maximum Gasteiger partial charge on any atom is 0.0369 e. The third-order valence-corrected chi connectivity index (χ3v) is 5.04. The fraction of sp³-hybridized carbons (Fsp3) is 0.333. The summed E-state index contributed by atoms with van der Waals surface area (Å²) in [6.07, 6.45) is 1.000. The van der Waals surface area contributed by atoms with Crippen LogP contribution in [-0.2, 0) is 6.42 Å². The van der Waals surface area contributed by atoms with E-state index in [1.54, 1.807) is 0 Å². The van der Waals surface area contributed by atoms with E-state index < -0.39 is 0 Å². The van der Waals surface area contributed by atoms with Gasteiger partial charge in [0.2, 0.25) is 0 Å². The van der Waals surface area contributed by atoms with Crippen molar-refractivity contribution >= 4 is 15.9 Å².